The number of sulfone groups is 1. The molecule has 178 valence electrons. The Labute approximate surface area is 199 Å². The Kier molecular flexibility index (Phi) is 5.41. The summed E-state index contributed by atoms with van der Waals surface area (Å²) in [5.41, 5.74) is 3.72. The monoisotopic (exact) mass is 482 g/mol. The number of nitrogens with zero attached hydrogens (tertiary/aromatic N) is 1. The van der Waals surface area contributed by atoms with Gasteiger partial charge in [0.15, 0.2) is 9.84 Å². The van der Waals surface area contributed by atoms with Crippen LogP contribution in [0.2, 0.25) is 0 Å². The molecule has 1 fully saturated rings. The van der Waals surface area contributed by atoms with E-state index in [-0.39, 0.29) is 23.5 Å². The van der Waals surface area contributed by atoms with Gasteiger partial charge in [-0.15, -0.1) is 0 Å². The Bertz CT molecular complexity index is 1340. The van der Waals surface area contributed by atoms with Gasteiger partial charge in [0, 0.05) is 29.4 Å². The predicted octanol–water partition coefficient (Wildman–Crippen LogP) is 4.00. The van der Waals surface area contributed by atoms with Crippen molar-refractivity contribution < 1.29 is 22.3 Å². The van der Waals surface area contributed by atoms with Crippen LogP contribution in [0.1, 0.15) is 37.0 Å². The number of carbonyl (C=O) groups is 1. The average Bonchev–Trinajstić information content (AvgIpc) is 3.39. The van der Waals surface area contributed by atoms with Gasteiger partial charge < -0.3 is 10.1 Å². The van der Waals surface area contributed by atoms with E-state index in [0.717, 1.165) is 16.7 Å². The number of fused-ring (bicyclic) bond motifs is 1. The van der Waals surface area contributed by atoms with Gasteiger partial charge in [0.25, 0.3) is 5.91 Å². The van der Waals surface area contributed by atoms with Crippen molar-refractivity contribution in [1.29, 1.82) is 0 Å². The third kappa shape index (κ3) is 4.16. The third-order valence-electron chi connectivity index (χ3n) is 6.79. The van der Waals surface area contributed by atoms with Crippen LogP contribution in [0.5, 0.6) is 0 Å². The lowest BCUT2D eigenvalue weighted by atomic mass is 9.91. The largest absolute Gasteiger partial charge is 0.482 e. The highest BCUT2D eigenvalue weighted by atomic mass is 32.2. The van der Waals surface area contributed by atoms with Gasteiger partial charge in [0.1, 0.15) is 17.2 Å². The molecule has 3 heterocycles. The van der Waals surface area contributed by atoms with Crippen LogP contribution < -0.4 is 5.32 Å². The second kappa shape index (κ2) is 8.06. The fraction of sp³-hybridized carbons (Fsp3) is 0.346. The smallest absolute Gasteiger partial charge is 0.260 e. The summed E-state index contributed by atoms with van der Waals surface area (Å²) in [5.74, 6) is 0.185. The van der Waals surface area contributed by atoms with Gasteiger partial charge in [-0.1, -0.05) is 24.3 Å². The highest BCUT2D eigenvalue weighted by Gasteiger charge is 2.38. The van der Waals surface area contributed by atoms with E-state index in [2.05, 4.69) is 10.2 Å². The van der Waals surface area contributed by atoms with Gasteiger partial charge >= 0.3 is 0 Å². The maximum Gasteiger partial charge on any atom is 0.260 e. The fourth-order valence-electron chi connectivity index (χ4n) is 4.93. The Balaban J connectivity index is 1.41. The molecular weight excluding hydrogens is 455 g/mol. The first-order valence-electron chi connectivity index (χ1n) is 11.3. The van der Waals surface area contributed by atoms with Crippen LogP contribution in [0.4, 0.5) is 10.1 Å². The number of hydrogen-bond donors (Lipinski definition) is 1. The fourth-order valence-corrected chi connectivity index (χ4v) is 6.74. The average molecular weight is 483 g/mol. The van der Waals surface area contributed by atoms with Gasteiger partial charge in [-0.25, -0.2) is 12.8 Å². The minimum atomic E-state index is -2.92. The Morgan fingerprint density at radius 2 is 1.91 bits per heavy atom. The number of amides is 1. The Morgan fingerprint density at radius 1 is 1.18 bits per heavy atom. The van der Waals surface area contributed by atoms with Crippen molar-refractivity contribution in [3.63, 3.8) is 0 Å². The maximum absolute atomic E-state index is 13.9. The topological polar surface area (TPSA) is 75.7 Å². The van der Waals surface area contributed by atoms with E-state index in [4.69, 9.17) is 4.74 Å². The first-order chi connectivity index (χ1) is 16.0. The van der Waals surface area contributed by atoms with E-state index in [1.54, 1.807) is 6.07 Å². The van der Waals surface area contributed by atoms with Crippen molar-refractivity contribution in [2.75, 3.05) is 23.9 Å². The van der Waals surface area contributed by atoms with Crippen molar-refractivity contribution in [3.05, 3.63) is 76.8 Å². The van der Waals surface area contributed by atoms with Crippen molar-refractivity contribution >= 4 is 32.6 Å². The lowest BCUT2D eigenvalue weighted by Gasteiger charge is -2.25. The van der Waals surface area contributed by atoms with E-state index in [9.17, 15) is 17.6 Å². The van der Waals surface area contributed by atoms with Gasteiger partial charge in [-0.3, -0.25) is 9.69 Å². The zero-order chi connectivity index (χ0) is 24.3. The first kappa shape index (κ1) is 22.8. The standard InChI is InChI=1S/C26H27FN2O4S/c1-26(2)21(13-23(33-26)24-20-12-18(27)8-9-22(20)28-25(24)30)17-6-4-16(5-7-17)14-29(3)19-10-11-34(31,32)15-19/h4-9,12-13,19H,10-11,14-15H2,1-3H3,(H,28,30)/b24-23+. The number of nitrogens with one attached hydrogen (secondary N) is 1. The van der Waals surface area contributed by atoms with Gasteiger partial charge in [0.2, 0.25) is 0 Å². The molecule has 0 aliphatic carbocycles. The van der Waals surface area contributed by atoms with Crippen LogP contribution in [0, 0.1) is 5.82 Å². The van der Waals surface area contributed by atoms with Crippen molar-refractivity contribution in [3.8, 4) is 0 Å². The lowest BCUT2D eigenvalue weighted by Crippen LogP contribution is -2.32. The van der Waals surface area contributed by atoms with Crippen molar-refractivity contribution in [2.45, 2.75) is 38.5 Å². The summed E-state index contributed by atoms with van der Waals surface area (Å²) in [5, 5.41) is 2.77. The number of hydrogen-bond acceptors (Lipinski definition) is 5. The van der Waals surface area contributed by atoms with Crippen LogP contribution in [0.25, 0.3) is 11.1 Å². The van der Waals surface area contributed by atoms with Crippen LogP contribution in [-0.4, -0.2) is 49.4 Å². The number of carbonyl (C=O) groups excluding carboxylic acids is 1. The number of anilines is 1. The summed E-state index contributed by atoms with van der Waals surface area (Å²) in [4.78, 5) is 14.7. The molecule has 1 unspecified atom stereocenters. The van der Waals surface area contributed by atoms with Crippen LogP contribution in [-0.2, 0) is 25.9 Å². The van der Waals surface area contributed by atoms with Gasteiger partial charge in [0.05, 0.1) is 17.1 Å². The molecule has 2 aromatic rings. The van der Waals surface area contributed by atoms with Crippen molar-refractivity contribution in [2.24, 2.45) is 0 Å². The normalized spacial score (nSPS) is 24.7. The summed E-state index contributed by atoms with van der Waals surface area (Å²) in [6.07, 6.45) is 2.53. The Hall–Kier alpha value is -2.97. The zero-order valence-electron chi connectivity index (χ0n) is 19.4. The molecule has 1 saturated heterocycles. The number of benzene rings is 2. The Morgan fingerprint density at radius 3 is 2.59 bits per heavy atom. The summed E-state index contributed by atoms with van der Waals surface area (Å²) in [6.45, 7) is 4.54. The summed E-state index contributed by atoms with van der Waals surface area (Å²) in [6, 6.07) is 12.4. The zero-order valence-corrected chi connectivity index (χ0v) is 20.2. The molecule has 0 saturated carbocycles. The molecule has 0 aromatic heterocycles. The highest BCUT2D eigenvalue weighted by Crippen LogP contribution is 2.44. The molecule has 3 aliphatic rings. The molecule has 6 nitrogen and oxygen atoms in total. The molecule has 0 bridgehead atoms. The molecule has 1 atom stereocenters. The second-order valence-corrected chi connectivity index (χ2v) is 12.0. The molecule has 0 spiro atoms. The molecule has 1 N–H and O–H groups in total. The van der Waals surface area contributed by atoms with E-state index in [1.165, 1.54) is 12.1 Å². The van der Waals surface area contributed by atoms with E-state index >= 15 is 0 Å². The number of rotatable bonds is 4. The van der Waals surface area contributed by atoms with Crippen LogP contribution in [0.3, 0.4) is 0 Å². The highest BCUT2D eigenvalue weighted by molar-refractivity contribution is 7.91. The number of allylic oxidation sites excluding steroid dienone is 1. The number of halogens is 1. The summed E-state index contributed by atoms with van der Waals surface area (Å²) >= 11 is 0. The minimum Gasteiger partial charge on any atom is -0.482 e. The molecular formula is C26H27FN2O4S. The molecule has 2 aromatic carbocycles. The van der Waals surface area contributed by atoms with E-state index in [1.807, 2.05) is 51.2 Å². The lowest BCUT2D eigenvalue weighted by molar-refractivity contribution is -0.111. The van der Waals surface area contributed by atoms with Crippen molar-refractivity contribution in [1.82, 2.24) is 4.90 Å². The SMILES string of the molecule is CN(Cc1ccc(C2=C/C(=C3\C(=O)Nc4ccc(F)cc43)OC2(C)C)cc1)C1CCS(=O)(=O)C1. The molecule has 3 aliphatic heterocycles. The van der Waals surface area contributed by atoms with E-state index < -0.39 is 21.3 Å². The predicted molar refractivity (Wildman–Crippen MR) is 130 cm³/mol. The minimum absolute atomic E-state index is 0.0500. The molecule has 5 rings (SSSR count). The summed E-state index contributed by atoms with van der Waals surface area (Å²) in [7, 11) is -0.957. The van der Waals surface area contributed by atoms with Crippen LogP contribution in [0.15, 0.2) is 54.3 Å². The van der Waals surface area contributed by atoms with Crippen LogP contribution >= 0.6 is 0 Å². The van der Waals surface area contributed by atoms with Gasteiger partial charge in [-0.2, -0.15) is 0 Å². The second-order valence-electron chi connectivity index (χ2n) is 9.72. The first-order valence-corrected chi connectivity index (χ1v) is 13.1. The molecule has 1 amide bonds. The molecule has 34 heavy (non-hydrogen) atoms. The maximum atomic E-state index is 13.9. The molecule has 0 radical (unpaired) electrons. The van der Waals surface area contributed by atoms with E-state index in [0.29, 0.717) is 35.5 Å². The van der Waals surface area contributed by atoms with Gasteiger partial charge in [-0.05, 0) is 62.7 Å². The summed E-state index contributed by atoms with van der Waals surface area (Å²) < 4.78 is 43.6. The molecule has 8 heteroatoms. The third-order valence-corrected chi connectivity index (χ3v) is 8.54. The quantitative estimate of drug-likeness (QED) is 0.667. The number of ether oxygens (including phenoxy) is 1.